The highest BCUT2D eigenvalue weighted by Gasteiger charge is 2.61. The van der Waals surface area contributed by atoms with Gasteiger partial charge in [0.1, 0.15) is 11.1 Å². The second-order valence-electron chi connectivity index (χ2n) is 7.14. The molecule has 27 heavy (non-hydrogen) atoms. The zero-order valence-electron chi connectivity index (χ0n) is 14.8. The van der Waals surface area contributed by atoms with Crippen LogP contribution in [0.5, 0.6) is 0 Å². The van der Waals surface area contributed by atoms with Crippen molar-refractivity contribution in [1.82, 2.24) is 0 Å². The van der Waals surface area contributed by atoms with Gasteiger partial charge < -0.3 is 4.74 Å². The summed E-state index contributed by atoms with van der Waals surface area (Å²) >= 11 is 24.3. The molecule has 2 nitrogen and oxygen atoms in total. The van der Waals surface area contributed by atoms with Crippen molar-refractivity contribution in [2.45, 2.75) is 20.5 Å². The molecule has 2 aromatic rings. The number of carbonyl (C=O) groups is 1. The summed E-state index contributed by atoms with van der Waals surface area (Å²) in [5.74, 6) is -0.649. The highest BCUT2D eigenvalue weighted by atomic mass is 35.5. The lowest BCUT2D eigenvalue weighted by Gasteiger charge is -2.13. The molecule has 0 bridgehead atoms. The summed E-state index contributed by atoms with van der Waals surface area (Å²) in [6.45, 7) is 3.97. The van der Waals surface area contributed by atoms with Gasteiger partial charge in [-0.1, -0.05) is 96.6 Å². The molecular weight excluding hydrogens is 426 g/mol. The second kappa shape index (κ2) is 8.05. The molecule has 2 atom stereocenters. The van der Waals surface area contributed by atoms with Crippen LogP contribution >= 0.6 is 46.4 Å². The molecule has 0 saturated heterocycles. The molecule has 0 amide bonds. The molecule has 0 heterocycles. The number of rotatable bonds is 5. The number of halogens is 4. The molecule has 0 unspecified atom stereocenters. The van der Waals surface area contributed by atoms with Gasteiger partial charge in [-0.3, -0.25) is 4.79 Å². The van der Waals surface area contributed by atoms with Gasteiger partial charge in [0.05, 0.1) is 10.9 Å². The van der Waals surface area contributed by atoms with Crippen molar-refractivity contribution in [2.24, 2.45) is 17.3 Å². The first-order chi connectivity index (χ1) is 12.7. The zero-order valence-corrected chi connectivity index (χ0v) is 17.8. The molecule has 2 aromatic carbocycles. The van der Waals surface area contributed by atoms with Crippen molar-refractivity contribution in [3.8, 4) is 11.1 Å². The maximum Gasteiger partial charge on any atom is 0.310 e. The van der Waals surface area contributed by atoms with E-state index in [4.69, 9.17) is 51.1 Å². The highest BCUT2D eigenvalue weighted by molar-refractivity contribution is 6.55. The number of esters is 1. The van der Waals surface area contributed by atoms with Gasteiger partial charge in [0, 0.05) is 16.1 Å². The molecule has 3 rings (SSSR count). The summed E-state index contributed by atoms with van der Waals surface area (Å²) in [5.41, 5.74) is 2.16. The van der Waals surface area contributed by atoms with Crippen LogP contribution in [0.25, 0.3) is 11.1 Å². The minimum absolute atomic E-state index is 0.00873. The van der Waals surface area contributed by atoms with Crippen LogP contribution in [-0.2, 0) is 16.1 Å². The first-order valence-corrected chi connectivity index (χ1v) is 9.96. The Morgan fingerprint density at radius 3 is 2.41 bits per heavy atom. The molecule has 1 saturated carbocycles. The highest BCUT2D eigenvalue weighted by Crippen LogP contribution is 2.60. The van der Waals surface area contributed by atoms with Crippen molar-refractivity contribution >= 4 is 52.4 Å². The van der Waals surface area contributed by atoms with Crippen molar-refractivity contribution in [3.63, 3.8) is 0 Å². The lowest BCUT2D eigenvalue weighted by atomic mass is 10.0. The van der Waals surface area contributed by atoms with Gasteiger partial charge in [0.15, 0.2) is 0 Å². The molecule has 0 spiro atoms. The minimum Gasteiger partial charge on any atom is -0.460 e. The topological polar surface area (TPSA) is 26.3 Å². The predicted molar refractivity (Wildman–Crippen MR) is 112 cm³/mol. The fraction of sp³-hybridized carbons (Fsp3) is 0.286. The maximum absolute atomic E-state index is 12.5. The molecule has 1 aliphatic rings. The molecule has 1 aliphatic carbocycles. The molecule has 0 aliphatic heterocycles. The third-order valence-corrected chi connectivity index (χ3v) is 6.14. The molecule has 0 aromatic heterocycles. The quantitative estimate of drug-likeness (QED) is 0.453. The summed E-state index contributed by atoms with van der Waals surface area (Å²) in [5, 5.41) is 0.944. The van der Waals surface area contributed by atoms with Crippen molar-refractivity contribution in [3.05, 3.63) is 68.6 Å². The van der Waals surface area contributed by atoms with Crippen LogP contribution in [-0.4, -0.2) is 5.97 Å². The van der Waals surface area contributed by atoms with E-state index >= 15 is 0 Å². The monoisotopic (exact) mass is 442 g/mol. The van der Waals surface area contributed by atoms with E-state index < -0.39 is 0 Å². The number of allylic oxidation sites excluding steroid dienone is 1. The van der Waals surface area contributed by atoms with Crippen LogP contribution in [0.15, 0.2) is 53.0 Å². The average molecular weight is 444 g/mol. The summed E-state index contributed by atoms with van der Waals surface area (Å²) in [6.07, 6.45) is 1.69. The summed E-state index contributed by atoms with van der Waals surface area (Å²) < 4.78 is 5.69. The van der Waals surface area contributed by atoms with Gasteiger partial charge in [-0.05, 0) is 29.0 Å². The Hall–Kier alpha value is -1.19. The Morgan fingerprint density at radius 2 is 1.78 bits per heavy atom. The average Bonchev–Trinajstić information content (AvgIpc) is 3.14. The third kappa shape index (κ3) is 4.30. The summed E-state index contributed by atoms with van der Waals surface area (Å²) in [6, 6.07) is 13.4. The smallest absolute Gasteiger partial charge is 0.310 e. The van der Waals surface area contributed by atoms with E-state index in [9.17, 15) is 4.79 Å². The fourth-order valence-electron chi connectivity index (χ4n) is 3.38. The van der Waals surface area contributed by atoms with Gasteiger partial charge in [-0.15, -0.1) is 0 Å². The number of benzene rings is 2. The predicted octanol–water partition coefficient (Wildman–Crippen LogP) is 7.29. The summed E-state index contributed by atoms with van der Waals surface area (Å²) in [4.78, 5) is 12.5. The van der Waals surface area contributed by atoms with Crippen LogP contribution in [0.1, 0.15) is 19.4 Å². The van der Waals surface area contributed by atoms with E-state index in [0.717, 1.165) is 11.1 Å². The van der Waals surface area contributed by atoms with Gasteiger partial charge in [-0.2, -0.15) is 0 Å². The van der Waals surface area contributed by atoms with Crippen LogP contribution in [0.4, 0.5) is 0 Å². The number of ether oxygens (including phenoxy) is 1. The van der Waals surface area contributed by atoms with Gasteiger partial charge in [0.25, 0.3) is 0 Å². The minimum atomic E-state index is -0.312. The van der Waals surface area contributed by atoms with Gasteiger partial charge in [-0.25, -0.2) is 0 Å². The third-order valence-electron chi connectivity index (χ3n) is 5.10. The molecule has 0 radical (unpaired) electrons. The van der Waals surface area contributed by atoms with E-state index in [1.165, 1.54) is 0 Å². The van der Waals surface area contributed by atoms with Crippen LogP contribution in [0.2, 0.25) is 10.0 Å². The SMILES string of the molecule is CC1(C)[C@H](C=C(Cl)Cl)[C@H]1C(=O)OCc1c(Cl)ccc(-c2ccccc2)c1Cl. The molecule has 1 fully saturated rings. The lowest BCUT2D eigenvalue weighted by Crippen LogP contribution is -2.11. The normalized spacial score (nSPS) is 20.1. The van der Waals surface area contributed by atoms with E-state index in [1.807, 2.05) is 50.2 Å². The number of hydrogen-bond acceptors (Lipinski definition) is 2. The molecule has 0 N–H and O–H groups in total. The van der Waals surface area contributed by atoms with Crippen molar-refractivity contribution in [2.75, 3.05) is 0 Å². The first-order valence-electron chi connectivity index (χ1n) is 8.45. The van der Waals surface area contributed by atoms with Crippen LogP contribution < -0.4 is 0 Å². The zero-order chi connectivity index (χ0) is 19.8. The standard InChI is InChI=1S/C21H18Cl4O2/c1-21(2)15(10-17(23)24)18(21)20(26)27-11-14-16(22)9-8-13(19(14)25)12-6-4-3-5-7-12/h3-10,15,18H,11H2,1-2H3/t15-,18+/m1/s1. The fourth-order valence-corrected chi connectivity index (χ4v) is 4.24. The molecule has 6 heteroatoms. The largest absolute Gasteiger partial charge is 0.460 e. The van der Waals surface area contributed by atoms with E-state index in [-0.39, 0.29) is 34.3 Å². The lowest BCUT2D eigenvalue weighted by molar-refractivity contribution is -0.147. The number of carbonyl (C=O) groups excluding carboxylic acids is 1. The molecule has 142 valence electrons. The van der Waals surface area contributed by atoms with Crippen LogP contribution in [0.3, 0.4) is 0 Å². The van der Waals surface area contributed by atoms with Crippen molar-refractivity contribution < 1.29 is 9.53 Å². The van der Waals surface area contributed by atoms with Gasteiger partial charge >= 0.3 is 5.97 Å². The Labute approximate surface area is 179 Å². The van der Waals surface area contributed by atoms with Crippen molar-refractivity contribution in [1.29, 1.82) is 0 Å². The van der Waals surface area contributed by atoms with E-state index in [0.29, 0.717) is 15.6 Å². The number of hydrogen-bond donors (Lipinski definition) is 0. The van der Waals surface area contributed by atoms with E-state index in [1.54, 1.807) is 12.1 Å². The van der Waals surface area contributed by atoms with E-state index in [2.05, 4.69) is 0 Å². The Kier molecular flexibility index (Phi) is 6.12. The molecular formula is C21H18Cl4O2. The first kappa shape index (κ1) is 20.5. The second-order valence-corrected chi connectivity index (χ2v) is 8.94. The van der Waals surface area contributed by atoms with Gasteiger partial charge in [0.2, 0.25) is 0 Å². The maximum atomic E-state index is 12.5. The van der Waals surface area contributed by atoms with Crippen LogP contribution in [0, 0.1) is 17.3 Å². The Balaban J connectivity index is 1.77. The summed E-state index contributed by atoms with van der Waals surface area (Å²) in [7, 11) is 0. The Bertz CT molecular complexity index is 887. The Morgan fingerprint density at radius 1 is 1.11 bits per heavy atom.